The van der Waals surface area contributed by atoms with Crippen molar-refractivity contribution in [3.05, 3.63) is 81.4 Å². The van der Waals surface area contributed by atoms with Crippen molar-refractivity contribution in [3.8, 4) is 5.75 Å². The Morgan fingerprint density at radius 1 is 1.09 bits per heavy atom. The maximum Gasteiger partial charge on any atom is 0.311 e. The quantitative estimate of drug-likeness (QED) is 0.229. The van der Waals surface area contributed by atoms with E-state index in [0.717, 1.165) is 22.6 Å². The molecule has 0 radical (unpaired) electrons. The molecule has 0 N–H and O–H groups in total. The summed E-state index contributed by atoms with van der Waals surface area (Å²) in [6.45, 7) is 2.18. The maximum atomic E-state index is 12.7. The predicted octanol–water partition coefficient (Wildman–Crippen LogP) is 3.62. The van der Waals surface area contributed by atoms with Crippen molar-refractivity contribution in [1.82, 2.24) is 5.01 Å². The molecule has 5 rings (SSSR count). The van der Waals surface area contributed by atoms with E-state index in [4.69, 9.17) is 4.74 Å². The minimum atomic E-state index is -0.526. The summed E-state index contributed by atoms with van der Waals surface area (Å²) >= 11 is 0. The van der Waals surface area contributed by atoms with Crippen LogP contribution in [0.5, 0.6) is 5.75 Å². The monoisotopic (exact) mass is 431 g/mol. The number of nitro benzene ring substituents is 1. The van der Waals surface area contributed by atoms with Gasteiger partial charge in [0.2, 0.25) is 0 Å². The number of amides is 2. The van der Waals surface area contributed by atoms with Crippen LogP contribution in [0.15, 0.2) is 59.7 Å². The van der Waals surface area contributed by atoms with Gasteiger partial charge in [-0.1, -0.05) is 42.0 Å². The van der Waals surface area contributed by atoms with E-state index in [2.05, 4.69) is 5.10 Å². The van der Waals surface area contributed by atoms with Crippen LogP contribution in [0.4, 0.5) is 5.69 Å². The topological polar surface area (TPSA) is 102 Å². The lowest BCUT2D eigenvalue weighted by Crippen LogP contribution is -2.28. The van der Waals surface area contributed by atoms with Crippen LogP contribution < -0.4 is 4.74 Å². The van der Waals surface area contributed by atoms with E-state index >= 15 is 0 Å². The minimum Gasteiger partial charge on any atom is -0.482 e. The molecule has 3 aliphatic rings. The summed E-state index contributed by atoms with van der Waals surface area (Å²) in [6.07, 6.45) is 6.19. The highest BCUT2D eigenvalue weighted by Crippen LogP contribution is 2.52. The van der Waals surface area contributed by atoms with Crippen molar-refractivity contribution in [2.75, 3.05) is 0 Å². The average Bonchev–Trinajstić information content (AvgIpc) is 3.46. The second-order valence-corrected chi connectivity index (χ2v) is 8.49. The van der Waals surface area contributed by atoms with Crippen LogP contribution in [-0.2, 0) is 16.2 Å². The van der Waals surface area contributed by atoms with E-state index in [9.17, 15) is 19.7 Å². The second-order valence-electron chi connectivity index (χ2n) is 8.49. The first-order valence-corrected chi connectivity index (χ1v) is 10.5. The fraction of sp³-hybridized carbons (Fsp3) is 0.292. The molecule has 0 spiro atoms. The van der Waals surface area contributed by atoms with Gasteiger partial charge >= 0.3 is 5.69 Å². The highest BCUT2D eigenvalue weighted by atomic mass is 16.6. The number of hydrazone groups is 1. The van der Waals surface area contributed by atoms with Crippen LogP contribution in [0, 0.1) is 40.7 Å². The molecule has 2 aliphatic carbocycles. The van der Waals surface area contributed by atoms with E-state index in [0.29, 0.717) is 5.56 Å². The first-order chi connectivity index (χ1) is 15.4. The Balaban J connectivity index is 1.32. The summed E-state index contributed by atoms with van der Waals surface area (Å²) in [5, 5.41) is 16.6. The maximum absolute atomic E-state index is 12.7. The molecule has 8 nitrogen and oxygen atoms in total. The van der Waals surface area contributed by atoms with E-state index in [-0.39, 0.29) is 53.5 Å². The van der Waals surface area contributed by atoms with Gasteiger partial charge in [0.15, 0.2) is 5.75 Å². The molecule has 2 aromatic carbocycles. The number of hydrogen-bond donors (Lipinski definition) is 0. The number of carbonyl (C=O) groups is 2. The van der Waals surface area contributed by atoms with Crippen molar-refractivity contribution in [2.45, 2.75) is 20.0 Å². The van der Waals surface area contributed by atoms with Crippen molar-refractivity contribution >= 4 is 23.7 Å². The zero-order chi connectivity index (χ0) is 22.4. The van der Waals surface area contributed by atoms with E-state index in [1.54, 1.807) is 6.07 Å². The van der Waals surface area contributed by atoms with Crippen molar-refractivity contribution < 1.29 is 19.2 Å². The first-order valence-electron chi connectivity index (χ1n) is 10.5. The summed E-state index contributed by atoms with van der Waals surface area (Å²) in [5.41, 5.74) is 2.21. The lowest BCUT2D eigenvalue weighted by atomic mass is 9.85. The highest BCUT2D eigenvalue weighted by Gasteiger charge is 2.59. The van der Waals surface area contributed by atoms with Gasteiger partial charge in [0.25, 0.3) is 11.8 Å². The molecule has 32 heavy (non-hydrogen) atoms. The summed E-state index contributed by atoms with van der Waals surface area (Å²) in [7, 11) is 0. The molecule has 2 amide bonds. The van der Waals surface area contributed by atoms with Crippen LogP contribution in [0.3, 0.4) is 0 Å². The molecule has 2 fully saturated rings. The molecule has 1 heterocycles. The number of aryl methyl sites for hydroxylation is 1. The van der Waals surface area contributed by atoms with E-state index in [1.807, 2.05) is 43.3 Å². The number of nitro groups is 1. The third-order valence-electron chi connectivity index (χ3n) is 6.46. The first kappa shape index (κ1) is 20.1. The Kier molecular flexibility index (Phi) is 4.84. The standard InChI is InChI=1S/C24H21N3O5/c1-14-2-4-15(5-3-14)13-32-20-9-6-16(10-19(20)27(30)31)12-25-26-23(28)21-17-7-8-18(11-17)22(21)24(26)29/h2-10,12,17-18,21-22H,11,13H2,1H3. The summed E-state index contributed by atoms with van der Waals surface area (Å²) in [5.74, 6) is -0.900. The number of hydrogen-bond acceptors (Lipinski definition) is 6. The van der Waals surface area contributed by atoms with E-state index < -0.39 is 4.92 Å². The highest BCUT2D eigenvalue weighted by molar-refractivity contribution is 6.06. The van der Waals surface area contributed by atoms with Gasteiger partial charge in [-0.25, -0.2) is 0 Å². The number of carbonyl (C=O) groups excluding carboxylic acids is 2. The van der Waals surface area contributed by atoms with Gasteiger partial charge in [0.1, 0.15) is 6.61 Å². The predicted molar refractivity (Wildman–Crippen MR) is 116 cm³/mol. The third-order valence-corrected chi connectivity index (χ3v) is 6.46. The van der Waals surface area contributed by atoms with Gasteiger partial charge in [-0.2, -0.15) is 10.1 Å². The van der Waals surface area contributed by atoms with Gasteiger partial charge in [0.05, 0.1) is 23.0 Å². The van der Waals surface area contributed by atoms with Gasteiger partial charge < -0.3 is 4.74 Å². The van der Waals surface area contributed by atoms with Crippen LogP contribution in [0.2, 0.25) is 0 Å². The van der Waals surface area contributed by atoms with Gasteiger partial charge in [-0.15, -0.1) is 0 Å². The minimum absolute atomic E-state index is 0.104. The van der Waals surface area contributed by atoms with E-state index in [1.165, 1.54) is 18.3 Å². The number of imide groups is 1. The molecule has 1 saturated carbocycles. The third kappa shape index (κ3) is 3.37. The Labute approximate surface area is 184 Å². The molecular weight excluding hydrogens is 410 g/mol. The molecule has 8 heteroatoms. The summed E-state index contributed by atoms with van der Waals surface area (Å²) in [6, 6.07) is 12.1. The lowest BCUT2D eigenvalue weighted by Gasteiger charge is -2.13. The van der Waals surface area contributed by atoms with Crippen LogP contribution in [-0.4, -0.2) is 28.0 Å². The fourth-order valence-corrected chi connectivity index (χ4v) is 4.85. The number of benzene rings is 2. The van der Waals surface area contributed by atoms with Crippen LogP contribution >= 0.6 is 0 Å². The molecule has 162 valence electrons. The number of rotatable bonds is 6. The molecule has 4 atom stereocenters. The second kappa shape index (κ2) is 7.71. The molecule has 1 saturated heterocycles. The lowest BCUT2D eigenvalue weighted by molar-refractivity contribution is -0.385. The molecule has 1 aliphatic heterocycles. The average molecular weight is 431 g/mol. The van der Waals surface area contributed by atoms with Gasteiger partial charge in [0, 0.05) is 11.6 Å². The van der Waals surface area contributed by atoms with Gasteiger partial charge in [-0.05, 0) is 42.9 Å². The number of ether oxygens (including phenoxy) is 1. The van der Waals surface area contributed by atoms with Crippen molar-refractivity contribution in [2.24, 2.45) is 28.8 Å². The zero-order valence-electron chi connectivity index (χ0n) is 17.4. The normalized spacial score (nSPS) is 25.7. The SMILES string of the molecule is Cc1ccc(COc2ccc(C=NN3C(=O)C4C5C=CC(C5)C4C3=O)cc2[N+](=O)[O-])cc1. The Morgan fingerprint density at radius 2 is 1.75 bits per heavy atom. The van der Waals surface area contributed by atoms with Crippen LogP contribution in [0.1, 0.15) is 23.1 Å². The molecule has 2 bridgehead atoms. The summed E-state index contributed by atoms with van der Waals surface area (Å²) < 4.78 is 5.66. The molecule has 4 unspecified atom stereocenters. The zero-order valence-corrected chi connectivity index (χ0v) is 17.4. The summed E-state index contributed by atoms with van der Waals surface area (Å²) in [4.78, 5) is 36.5. The Morgan fingerprint density at radius 3 is 2.38 bits per heavy atom. The molecule has 2 aromatic rings. The number of allylic oxidation sites excluding steroid dienone is 2. The Hall–Kier alpha value is -3.81. The fourth-order valence-electron chi connectivity index (χ4n) is 4.85. The largest absolute Gasteiger partial charge is 0.482 e. The molecule has 0 aromatic heterocycles. The number of nitrogens with zero attached hydrogens (tertiary/aromatic N) is 3. The smallest absolute Gasteiger partial charge is 0.311 e. The van der Waals surface area contributed by atoms with Crippen LogP contribution in [0.25, 0.3) is 0 Å². The number of fused-ring (bicyclic) bond motifs is 5. The molecular formula is C24H21N3O5. The Bertz CT molecular complexity index is 1140. The van der Waals surface area contributed by atoms with Gasteiger partial charge in [-0.3, -0.25) is 19.7 Å². The van der Waals surface area contributed by atoms with Crippen molar-refractivity contribution in [3.63, 3.8) is 0 Å². The van der Waals surface area contributed by atoms with Crippen molar-refractivity contribution in [1.29, 1.82) is 0 Å².